The molecule has 0 radical (unpaired) electrons. The first-order valence-corrected chi connectivity index (χ1v) is 9.50. The predicted molar refractivity (Wildman–Crippen MR) is 99.0 cm³/mol. The number of nitrogens with zero attached hydrogens (tertiary/aromatic N) is 3. The third-order valence-electron chi connectivity index (χ3n) is 5.37. The highest BCUT2D eigenvalue weighted by atomic mass is 16.4. The molecule has 0 amide bonds. The van der Waals surface area contributed by atoms with Crippen LogP contribution in [0.5, 0.6) is 0 Å². The lowest BCUT2D eigenvalue weighted by Crippen LogP contribution is -2.49. The van der Waals surface area contributed by atoms with Crippen LogP contribution in [-0.4, -0.2) is 68.7 Å². The van der Waals surface area contributed by atoms with Gasteiger partial charge in [-0.15, -0.1) is 0 Å². The van der Waals surface area contributed by atoms with E-state index >= 15 is 0 Å². The fourth-order valence-electron chi connectivity index (χ4n) is 3.80. The Balaban J connectivity index is 0.000000352. The lowest BCUT2D eigenvalue weighted by molar-refractivity contribution is -0.159. The average Bonchev–Trinajstić information content (AvgIpc) is 2.87. The Morgan fingerprint density at radius 1 is 1.00 bits per heavy atom. The Kier molecular flexibility index (Phi) is 8.12. The molecule has 1 aliphatic heterocycles. The van der Waals surface area contributed by atoms with Gasteiger partial charge in [-0.25, -0.2) is 9.59 Å². The number of piperazine rings is 1. The van der Waals surface area contributed by atoms with E-state index in [2.05, 4.69) is 39.7 Å². The highest BCUT2D eigenvalue weighted by molar-refractivity contribution is 6.27. The summed E-state index contributed by atoms with van der Waals surface area (Å²) in [6.07, 6.45) is 10.9. The highest BCUT2D eigenvalue weighted by Crippen LogP contribution is 2.23. The molecule has 2 aliphatic rings. The van der Waals surface area contributed by atoms with E-state index < -0.39 is 11.9 Å². The minimum atomic E-state index is -1.82. The van der Waals surface area contributed by atoms with Gasteiger partial charge in [0.25, 0.3) is 0 Å². The van der Waals surface area contributed by atoms with E-state index in [1.807, 2.05) is 0 Å². The van der Waals surface area contributed by atoms with E-state index in [1.165, 1.54) is 70.4 Å². The molecular formula is C19H31N3O4. The smallest absolute Gasteiger partial charge is 0.414 e. The van der Waals surface area contributed by atoms with Crippen molar-refractivity contribution in [3.63, 3.8) is 0 Å². The van der Waals surface area contributed by atoms with Gasteiger partial charge in [0.15, 0.2) is 0 Å². The van der Waals surface area contributed by atoms with Crippen molar-refractivity contribution in [1.82, 2.24) is 14.4 Å². The molecule has 26 heavy (non-hydrogen) atoms. The van der Waals surface area contributed by atoms with Crippen LogP contribution in [0.1, 0.15) is 44.2 Å². The normalized spacial score (nSPS) is 20.0. The standard InChI is InChI=1S/C17H29N3.C2H2O4/c1-18-10-6-9-17(18)15-19-11-13-20(14-12-19)16-7-4-2-3-5-8-16;3-1(4)2(5)6/h6,9-10,16H,2-5,7-8,11-15H2,1H3;(H,3,4)(H,5,6). The van der Waals surface area contributed by atoms with E-state index in [-0.39, 0.29) is 0 Å². The molecule has 2 fully saturated rings. The van der Waals surface area contributed by atoms with Crippen molar-refractivity contribution in [2.75, 3.05) is 26.2 Å². The number of carbonyl (C=O) groups is 2. The summed E-state index contributed by atoms with van der Waals surface area (Å²) >= 11 is 0. The Labute approximate surface area is 155 Å². The first-order chi connectivity index (χ1) is 12.5. The number of carboxylic acids is 2. The number of carboxylic acid groups (broad SMARTS) is 2. The zero-order chi connectivity index (χ0) is 18.9. The second kappa shape index (κ2) is 10.3. The van der Waals surface area contributed by atoms with Crippen molar-refractivity contribution >= 4 is 11.9 Å². The van der Waals surface area contributed by atoms with Crippen LogP contribution in [0.4, 0.5) is 0 Å². The Morgan fingerprint density at radius 3 is 2.04 bits per heavy atom. The summed E-state index contributed by atoms with van der Waals surface area (Å²) in [5.41, 5.74) is 1.44. The molecule has 0 atom stereocenters. The molecule has 7 nitrogen and oxygen atoms in total. The minimum absolute atomic E-state index is 0.884. The summed E-state index contributed by atoms with van der Waals surface area (Å²) in [4.78, 5) is 23.6. The molecule has 0 unspecified atom stereocenters. The van der Waals surface area contributed by atoms with Crippen LogP contribution < -0.4 is 0 Å². The quantitative estimate of drug-likeness (QED) is 0.630. The third kappa shape index (κ3) is 6.46. The number of aromatic nitrogens is 1. The fourth-order valence-corrected chi connectivity index (χ4v) is 3.80. The van der Waals surface area contributed by atoms with Crippen molar-refractivity contribution in [1.29, 1.82) is 0 Å². The SMILES string of the molecule is Cn1cccc1CN1CCN(C2CCCCCC2)CC1.O=C(O)C(=O)O. The van der Waals surface area contributed by atoms with E-state index in [0.717, 1.165) is 12.6 Å². The van der Waals surface area contributed by atoms with Crippen LogP contribution >= 0.6 is 0 Å². The molecule has 1 aliphatic carbocycles. The van der Waals surface area contributed by atoms with Gasteiger partial charge in [0.1, 0.15) is 0 Å². The summed E-state index contributed by atoms with van der Waals surface area (Å²) in [6.45, 7) is 6.13. The zero-order valence-electron chi connectivity index (χ0n) is 15.6. The number of aliphatic carboxylic acids is 2. The van der Waals surface area contributed by atoms with Crippen LogP contribution in [0.25, 0.3) is 0 Å². The van der Waals surface area contributed by atoms with Crippen LogP contribution in [0.3, 0.4) is 0 Å². The molecule has 2 N–H and O–H groups in total. The van der Waals surface area contributed by atoms with Gasteiger partial charge >= 0.3 is 11.9 Å². The van der Waals surface area contributed by atoms with Crippen molar-refractivity contribution in [2.45, 2.75) is 51.1 Å². The lowest BCUT2D eigenvalue weighted by Gasteiger charge is -2.39. The summed E-state index contributed by atoms with van der Waals surface area (Å²) in [7, 11) is 2.15. The van der Waals surface area contributed by atoms with Crippen molar-refractivity contribution in [3.05, 3.63) is 24.0 Å². The fraction of sp³-hybridized carbons (Fsp3) is 0.684. The van der Waals surface area contributed by atoms with Crippen LogP contribution in [0, 0.1) is 0 Å². The van der Waals surface area contributed by atoms with Gasteiger partial charge in [0.2, 0.25) is 0 Å². The van der Waals surface area contributed by atoms with Gasteiger partial charge in [0, 0.05) is 57.7 Å². The van der Waals surface area contributed by atoms with Crippen molar-refractivity contribution in [3.8, 4) is 0 Å². The van der Waals surface area contributed by atoms with Crippen LogP contribution in [0.2, 0.25) is 0 Å². The Hall–Kier alpha value is -1.86. The topological polar surface area (TPSA) is 86.0 Å². The van der Waals surface area contributed by atoms with E-state index in [9.17, 15) is 0 Å². The van der Waals surface area contributed by atoms with Gasteiger partial charge in [-0.05, 0) is 25.0 Å². The maximum Gasteiger partial charge on any atom is 0.414 e. The van der Waals surface area contributed by atoms with Crippen LogP contribution in [0.15, 0.2) is 18.3 Å². The number of hydrogen-bond acceptors (Lipinski definition) is 4. The van der Waals surface area contributed by atoms with Gasteiger partial charge in [-0.3, -0.25) is 9.80 Å². The molecule has 1 saturated heterocycles. The molecule has 1 aromatic rings. The van der Waals surface area contributed by atoms with Crippen LogP contribution in [-0.2, 0) is 23.2 Å². The lowest BCUT2D eigenvalue weighted by atomic mass is 10.1. The molecule has 7 heteroatoms. The monoisotopic (exact) mass is 365 g/mol. The van der Waals surface area contributed by atoms with Gasteiger partial charge in [0.05, 0.1) is 0 Å². The van der Waals surface area contributed by atoms with Gasteiger partial charge in [-0.2, -0.15) is 0 Å². The first kappa shape index (κ1) is 20.5. The summed E-state index contributed by atoms with van der Waals surface area (Å²) in [5, 5.41) is 14.8. The number of aryl methyl sites for hydroxylation is 1. The van der Waals surface area contributed by atoms with Crippen molar-refractivity contribution in [2.24, 2.45) is 7.05 Å². The zero-order valence-corrected chi connectivity index (χ0v) is 15.6. The molecule has 1 saturated carbocycles. The largest absolute Gasteiger partial charge is 0.473 e. The second-order valence-corrected chi connectivity index (χ2v) is 7.18. The third-order valence-corrected chi connectivity index (χ3v) is 5.37. The van der Waals surface area contributed by atoms with E-state index in [0.29, 0.717) is 0 Å². The Bertz CT molecular complexity index is 559. The van der Waals surface area contributed by atoms with E-state index in [1.54, 1.807) is 0 Å². The molecule has 3 rings (SSSR count). The maximum atomic E-state index is 9.10. The van der Waals surface area contributed by atoms with Gasteiger partial charge in [-0.1, -0.05) is 25.7 Å². The number of hydrogen-bond donors (Lipinski definition) is 2. The summed E-state index contributed by atoms with van der Waals surface area (Å²) in [6, 6.07) is 5.28. The second-order valence-electron chi connectivity index (χ2n) is 7.18. The molecule has 2 heterocycles. The molecule has 0 bridgehead atoms. The highest BCUT2D eigenvalue weighted by Gasteiger charge is 2.24. The number of rotatable bonds is 3. The average molecular weight is 365 g/mol. The minimum Gasteiger partial charge on any atom is -0.473 e. The Morgan fingerprint density at radius 2 is 1.58 bits per heavy atom. The molecule has 0 aromatic carbocycles. The summed E-state index contributed by atoms with van der Waals surface area (Å²) in [5.74, 6) is -3.65. The van der Waals surface area contributed by atoms with E-state index in [4.69, 9.17) is 19.8 Å². The predicted octanol–water partition coefficient (Wildman–Crippen LogP) is 2.02. The van der Waals surface area contributed by atoms with Gasteiger partial charge < -0.3 is 14.8 Å². The molecule has 1 aromatic heterocycles. The maximum absolute atomic E-state index is 9.10. The molecule has 146 valence electrons. The summed E-state index contributed by atoms with van der Waals surface area (Å²) < 4.78 is 2.25. The van der Waals surface area contributed by atoms with Crippen molar-refractivity contribution < 1.29 is 19.8 Å². The molecule has 0 spiro atoms. The first-order valence-electron chi connectivity index (χ1n) is 9.50. The molecular weight excluding hydrogens is 334 g/mol.